The number of nitrogens with one attached hydrogen (secondary N) is 1. The number of carbonyl (C=O) groups is 1. The highest BCUT2D eigenvalue weighted by Crippen LogP contribution is 2.10. The molecule has 0 atom stereocenters. The monoisotopic (exact) mass is 303 g/mol. The van der Waals surface area contributed by atoms with Gasteiger partial charge in [-0.3, -0.25) is 4.79 Å². The predicted octanol–water partition coefficient (Wildman–Crippen LogP) is 2.20. The van der Waals surface area contributed by atoms with Gasteiger partial charge in [0.1, 0.15) is 12.4 Å². The van der Waals surface area contributed by atoms with E-state index in [1.165, 1.54) is 18.2 Å². The van der Waals surface area contributed by atoms with Crippen molar-refractivity contribution in [2.45, 2.75) is 6.42 Å². The van der Waals surface area contributed by atoms with E-state index in [4.69, 9.17) is 5.11 Å². The van der Waals surface area contributed by atoms with Crippen LogP contribution in [0.2, 0.25) is 0 Å². The summed E-state index contributed by atoms with van der Waals surface area (Å²) < 4.78 is 13.7. The molecular weight excluding hydrogens is 289 g/mol. The Morgan fingerprint density at radius 1 is 1.38 bits per heavy atom. The van der Waals surface area contributed by atoms with E-state index in [1.54, 1.807) is 11.3 Å². The average molecular weight is 303 g/mol. The number of benzene rings is 1. The zero-order chi connectivity index (χ0) is 15.1. The quantitative estimate of drug-likeness (QED) is 0.851. The average Bonchev–Trinajstić information content (AvgIpc) is 2.99. The van der Waals surface area contributed by atoms with Crippen molar-refractivity contribution in [3.63, 3.8) is 0 Å². The lowest BCUT2D eigenvalue weighted by molar-refractivity contribution is 0.0950. The van der Waals surface area contributed by atoms with Crippen molar-refractivity contribution < 1.29 is 14.3 Å². The number of hydrogen-bond donors (Lipinski definition) is 2. The Balaban J connectivity index is 2.00. The molecule has 21 heavy (non-hydrogen) atoms. The highest BCUT2D eigenvalue weighted by atomic mass is 32.1. The molecule has 0 aliphatic heterocycles. The molecule has 2 aromatic rings. The molecule has 0 fully saturated rings. The lowest BCUT2D eigenvalue weighted by atomic mass is 10.1. The first-order chi connectivity index (χ1) is 10.2. The highest BCUT2D eigenvalue weighted by Gasteiger charge is 2.11. The van der Waals surface area contributed by atoms with Crippen LogP contribution in [0.15, 0.2) is 35.0 Å². The van der Waals surface area contributed by atoms with E-state index in [0.29, 0.717) is 18.5 Å². The predicted molar refractivity (Wildman–Crippen MR) is 80.7 cm³/mol. The third-order valence-electron chi connectivity index (χ3n) is 2.80. The zero-order valence-corrected chi connectivity index (χ0v) is 12.0. The maximum Gasteiger partial charge on any atom is 0.254 e. The molecule has 2 rings (SSSR count). The van der Waals surface area contributed by atoms with Crippen molar-refractivity contribution in [1.82, 2.24) is 5.32 Å². The van der Waals surface area contributed by atoms with E-state index in [-0.39, 0.29) is 12.2 Å². The van der Waals surface area contributed by atoms with Gasteiger partial charge in [-0.1, -0.05) is 11.8 Å². The second-order valence-corrected chi connectivity index (χ2v) is 5.07. The van der Waals surface area contributed by atoms with Crippen LogP contribution in [0, 0.1) is 17.7 Å². The van der Waals surface area contributed by atoms with Gasteiger partial charge in [-0.25, -0.2) is 4.39 Å². The molecule has 0 unspecified atom stereocenters. The van der Waals surface area contributed by atoms with Gasteiger partial charge in [0, 0.05) is 12.1 Å². The molecule has 1 heterocycles. The SMILES string of the molecule is O=C(NCCc1ccsc1)c1cc(C#CCO)ccc1F. The zero-order valence-electron chi connectivity index (χ0n) is 11.2. The van der Waals surface area contributed by atoms with E-state index >= 15 is 0 Å². The summed E-state index contributed by atoms with van der Waals surface area (Å²) in [6.45, 7) is 0.168. The molecule has 0 radical (unpaired) electrons. The van der Waals surface area contributed by atoms with Crippen LogP contribution in [0.4, 0.5) is 4.39 Å². The Hall–Kier alpha value is -2.16. The van der Waals surface area contributed by atoms with Crippen molar-refractivity contribution in [1.29, 1.82) is 0 Å². The van der Waals surface area contributed by atoms with Gasteiger partial charge in [0.25, 0.3) is 5.91 Å². The first kappa shape index (κ1) is 15.2. The van der Waals surface area contributed by atoms with E-state index in [2.05, 4.69) is 17.2 Å². The summed E-state index contributed by atoms with van der Waals surface area (Å²) in [5, 5.41) is 15.3. The molecule has 1 aromatic carbocycles. The lowest BCUT2D eigenvalue weighted by Crippen LogP contribution is -2.26. The summed E-state index contributed by atoms with van der Waals surface area (Å²) in [5.74, 6) is 4.07. The van der Waals surface area contributed by atoms with Crippen molar-refractivity contribution in [3.8, 4) is 11.8 Å². The molecule has 0 saturated heterocycles. The highest BCUT2D eigenvalue weighted by molar-refractivity contribution is 7.07. The Bertz CT molecular complexity index is 671. The first-order valence-electron chi connectivity index (χ1n) is 6.39. The molecule has 108 valence electrons. The molecule has 2 N–H and O–H groups in total. The topological polar surface area (TPSA) is 49.3 Å². The Morgan fingerprint density at radius 2 is 2.24 bits per heavy atom. The van der Waals surface area contributed by atoms with Crippen LogP contribution in [0.1, 0.15) is 21.5 Å². The van der Waals surface area contributed by atoms with E-state index in [0.717, 1.165) is 5.56 Å². The van der Waals surface area contributed by atoms with Gasteiger partial charge in [0.2, 0.25) is 0 Å². The van der Waals surface area contributed by atoms with E-state index in [9.17, 15) is 9.18 Å². The van der Waals surface area contributed by atoms with Crippen LogP contribution >= 0.6 is 11.3 Å². The number of carbonyl (C=O) groups excluding carboxylic acids is 1. The second kappa shape index (κ2) is 7.58. The Morgan fingerprint density at radius 3 is 2.95 bits per heavy atom. The second-order valence-electron chi connectivity index (χ2n) is 4.29. The van der Waals surface area contributed by atoms with Crippen molar-refractivity contribution in [3.05, 3.63) is 57.5 Å². The minimum absolute atomic E-state index is 0.0370. The summed E-state index contributed by atoms with van der Waals surface area (Å²) >= 11 is 1.60. The molecule has 0 aliphatic rings. The first-order valence-corrected chi connectivity index (χ1v) is 7.33. The van der Waals surface area contributed by atoms with Crippen LogP contribution in [0.3, 0.4) is 0 Å². The maximum atomic E-state index is 13.7. The van der Waals surface area contributed by atoms with Crippen LogP contribution in [-0.4, -0.2) is 24.2 Å². The van der Waals surface area contributed by atoms with Crippen LogP contribution in [-0.2, 0) is 6.42 Å². The fraction of sp³-hybridized carbons (Fsp3) is 0.188. The number of aliphatic hydroxyl groups is 1. The molecule has 1 aromatic heterocycles. The fourth-order valence-corrected chi connectivity index (χ4v) is 2.47. The van der Waals surface area contributed by atoms with Gasteiger partial charge < -0.3 is 10.4 Å². The molecule has 0 aliphatic carbocycles. The third-order valence-corrected chi connectivity index (χ3v) is 3.53. The standard InChI is InChI=1S/C16H14FNO2S/c17-15-4-3-12(2-1-8-19)10-14(15)16(20)18-7-5-13-6-9-21-11-13/h3-4,6,9-11,19H,5,7-8H2,(H,18,20). The summed E-state index contributed by atoms with van der Waals surface area (Å²) in [6, 6.07) is 6.05. The van der Waals surface area contributed by atoms with Gasteiger partial charge in [0.15, 0.2) is 0 Å². The minimum atomic E-state index is -0.586. The molecular formula is C16H14FNO2S. The van der Waals surface area contributed by atoms with Crippen LogP contribution in [0.25, 0.3) is 0 Å². The van der Waals surface area contributed by atoms with Gasteiger partial charge in [-0.15, -0.1) is 0 Å². The maximum absolute atomic E-state index is 13.7. The number of amides is 1. The fourth-order valence-electron chi connectivity index (χ4n) is 1.77. The van der Waals surface area contributed by atoms with Gasteiger partial charge >= 0.3 is 0 Å². The molecule has 0 saturated carbocycles. The lowest BCUT2D eigenvalue weighted by Gasteiger charge is -2.06. The molecule has 1 amide bonds. The summed E-state index contributed by atoms with van der Waals surface area (Å²) in [6.07, 6.45) is 0.709. The summed E-state index contributed by atoms with van der Waals surface area (Å²) in [5.41, 5.74) is 1.60. The normalized spacial score (nSPS) is 9.81. The number of thiophene rings is 1. The third kappa shape index (κ3) is 4.42. The van der Waals surface area contributed by atoms with Crippen molar-refractivity contribution in [2.75, 3.05) is 13.2 Å². The van der Waals surface area contributed by atoms with E-state index < -0.39 is 11.7 Å². The number of aliphatic hydroxyl groups excluding tert-OH is 1. The number of rotatable bonds is 4. The molecule has 0 bridgehead atoms. The van der Waals surface area contributed by atoms with Crippen LogP contribution in [0.5, 0.6) is 0 Å². The van der Waals surface area contributed by atoms with Crippen molar-refractivity contribution >= 4 is 17.2 Å². The smallest absolute Gasteiger partial charge is 0.254 e. The van der Waals surface area contributed by atoms with Crippen molar-refractivity contribution in [2.24, 2.45) is 0 Å². The number of halogens is 1. The molecule has 0 spiro atoms. The van der Waals surface area contributed by atoms with Crippen LogP contribution < -0.4 is 5.32 Å². The molecule has 5 heteroatoms. The Kier molecular flexibility index (Phi) is 5.50. The van der Waals surface area contributed by atoms with Gasteiger partial charge in [0.05, 0.1) is 5.56 Å². The van der Waals surface area contributed by atoms with Gasteiger partial charge in [-0.05, 0) is 47.0 Å². The Labute approximate surface area is 126 Å². The summed E-state index contributed by atoms with van der Waals surface area (Å²) in [4.78, 5) is 12.0. The molecule has 3 nitrogen and oxygen atoms in total. The van der Waals surface area contributed by atoms with E-state index in [1.807, 2.05) is 16.8 Å². The van der Waals surface area contributed by atoms with Gasteiger partial charge in [-0.2, -0.15) is 11.3 Å². The summed E-state index contributed by atoms with van der Waals surface area (Å²) in [7, 11) is 0. The number of hydrogen-bond acceptors (Lipinski definition) is 3. The largest absolute Gasteiger partial charge is 0.384 e. The minimum Gasteiger partial charge on any atom is -0.384 e.